The van der Waals surface area contributed by atoms with Gasteiger partial charge in [0, 0.05) is 35.6 Å². The van der Waals surface area contributed by atoms with Crippen LogP contribution in [0.3, 0.4) is 0 Å². The first-order valence-electron chi connectivity index (χ1n) is 8.30. The molecule has 0 bridgehead atoms. The number of likely N-dealkylation sites (tertiary alicyclic amines) is 1. The fraction of sp³-hybridized carbons (Fsp3) is 0.263. The summed E-state index contributed by atoms with van der Waals surface area (Å²) in [6.07, 6.45) is 0. The number of halogens is 1. The first kappa shape index (κ1) is 16.3. The Balaban J connectivity index is 1.45. The minimum atomic E-state index is 0.109. The van der Waals surface area contributed by atoms with E-state index < -0.39 is 0 Å². The lowest BCUT2D eigenvalue weighted by Gasteiger charge is -2.14. The summed E-state index contributed by atoms with van der Waals surface area (Å²) in [6, 6.07) is 18.0. The Hall–Kier alpha value is -2.21. The molecule has 0 unspecified atom stereocenters. The SMILES string of the molecule is N[C@@H]1CN(Cc2nc(-c3cccc(Cl)c3)no2)C[C@H]1c1ccccc1. The summed E-state index contributed by atoms with van der Waals surface area (Å²) < 4.78 is 5.41. The summed E-state index contributed by atoms with van der Waals surface area (Å²) in [5.41, 5.74) is 8.48. The predicted octanol–water partition coefficient (Wildman–Crippen LogP) is 3.32. The topological polar surface area (TPSA) is 68.2 Å². The zero-order valence-corrected chi connectivity index (χ0v) is 14.4. The van der Waals surface area contributed by atoms with E-state index in [1.54, 1.807) is 0 Å². The first-order chi connectivity index (χ1) is 12.2. The second kappa shape index (κ2) is 6.96. The van der Waals surface area contributed by atoms with Crippen LogP contribution >= 0.6 is 11.6 Å². The van der Waals surface area contributed by atoms with Gasteiger partial charge in [-0.1, -0.05) is 59.2 Å². The van der Waals surface area contributed by atoms with E-state index in [0.29, 0.717) is 29.2 Å². The van der Waals surface area contributed by atoms with Gasteiger partial charge >= 0.3 is 0 Å². The van der Waals surface area contributed by atoms with E-state index in [1.807, 2.05) is 30.3 Å². The molecule has 0 saturated carbocycles. The molecule has 0 aliphatic carbocycles. The zero-order valence-electron chi connectivity index (χ0n) is 13.7. The van der Waals surface area contributed by atoms with Crippen molar-refractivity contribution < 1.29 is 4.52 Å². The second-order valence-corrected chi connectivity index (χ2v) is 6.83. The molecule has 1 aliphatic rings. The predicted molar refractivity (Wildman–Crippen MR) is 97.2 cm³/mol. The van der Waals surface area contributed by atoms with E-state index in [4.69, 9.17) is 21.9 Å². The highest BCUT2D eigenvalue weighted by molar-refractivity contribution is 6.30. The molecule has 1 aromatic heterocycles. The van der Waals surface area contributed by atoms with Gasteiger partial charge in [0.05, 0.1) is 6.54 Å². The molecule has 4 rings (SSSR count). The average Bonchev–Trinajstić information content (AvgIpc) is 3.23. The largest absolute Gasteiger partial charge is 0.338 e. The van der Waals surface area contributed by atoms with Gasteiger partial charge in [-0.25, -0.2) is 0 Å². The Morgan fingerprint density at radius 1 is 1.12 bits per heavy atom. The molecule has 1 aliphatic heterocycles. The number of benzene rings is 2. The van der Waals surface area contributed by atoms with Crippen molar-refractivity contribution in [3.8, 4) is 11.4 Å². The normalized spacial score (nSPS) is 20.9. The molecule has 6 heteroatoms. The lowest BCUT2D eigenvalue weighted by molar-refractivity contribution is 0.264. The van der Waals surface area contributed by atoms with Crippen LogP contribution in [0.4, 0.5) is 0 Å². The number of nitrogens with zero attached hydrogens (tertiary/aromatic N) is 3. The van der Waals surface area contributed by atoms with Crippen LogP contribution in [-0.4, -0.2) is 34.2 Å². The maximum absolute atomic E-state index is 6.34. The van der Waals surface area contributed by atoms with Crippen molar-refractivity contribution in [2.45, 2.75) is 18.5 Å². The fourth-order valence-corrected chi connectivity index (χ4v) is 3.54. The van der Waals surface area contributed by atoms with Crippen LogP contribution < -0.4 is 5.73 Å². The van der Waals surface area contributed by atoms with Crippen molar-refractivity contribution in [1.29, 1.82) is 0 Å². The lowest BCUT2D eigenvalue weighted by atomic mass is 9.95. The van der Waals surface area contributed by atoms with Crippen LogP contribution in [0.1, 0.15) is 17.4 Å². The maximum Gasteiger partial charge on any atom is 0.241 e. The van der Waals surface area contributed by atoms with Gasteiger partial charge in [-0.3, -0.25) is 4.90 Å². The number of hydrogen-bond acceptors (Lipinski definition) is 5. The monoisotopic (exact) mass is 354 g/mol. The van der Waals surface area contributed by atoms with Gasteiger partial charge in [-0.15, -0.1) is 0 Å². The fourth-order valence-electron chi connectivity index (χ4n) is 3.35. The minimum absolute atomic E-state index is 0.109. The number of hydrogen-bond donors (Lipinski definition) is 1. The number of rotatable bonds is 4. The van der Waals surface area contributed by atoms with E-state index in [1.165, 1.54) is 5.56 Å². The summed E-state index contributed by atoms with van der Waals surface area (Å²) in [5.74, 6) is 1.48. The smallest absolute Gasteiger partial charge is 0.241 e. The Morgan fingerprint density at radius 2 is 1.96 bits per heavy atom. The molecule has 2 heterocycles. The van der Waals surface area contributed by atoms with E-state index >= 15 is 0 Å². The minimum Gasteiger partial charge on any atom is -0.338 e. The molecule has 1 fully saturated rings. The molecule has 128 valence electrons. The van der Waals surface area contributed by atoms with Gasteiger partial charge < -0.3 is 10.3 Å². The van der Waals surface area contributed by atoms with Crippen molar-refractivity contribution in [3.05, 3.63) is 71.1 Å². The Labute approximate surface area is 151 Å². The van der Waals surface area contributed by atoms with E-state index in [9.17, 15) is 0 Å². The van der Waals surface area contributed by atoms with Crippen molar-refractivity contribution in [2.75, 3.05) is 13.1 Å². The molecule has 2 atom stereocenters. The van der Waals surface area contributed by atoms with Crippen LogP contribution in [0, 0.1) is 0 Å². The highest BCUT2D eigenvalue weighted by Crippen LogP contribution is 2.27. The van der Waals surface area contributed by atoms with Gasteiger partial charge in [0.1, 0.15) is 0 Å². The van der Waals surface area contributed by atoms with Crippen LogP contribution in [0.25, 0.3) is 11.4 Å². The maximum atomic E-state index is 6.34. The Morgan fingerprint density at radius 3 is 2.76 bits per heavy atom. The van der Waals surface area contributed by atoms with Gasteiger partial charge in [0.25, 0.3) is 0 Å². The average molecular weight is 355 g/mol. The van der Waals surface area contributed by atoms with E-state index in [2.05, 4.69) is 39.3 Å². The summed E-state index contributed by atoms with van der Waals surface area (Å²) >= 11 is 6.02. The van der Waals surface area contributed by atoms with E-state index in [0.717, 1.165) is 18.7 Å². The molecule has 1 saturated heterocycles. The molecule has 2 aromatic carbocycles. The molecular formula is C19H19ClN4O. The molecule has 3 aromatic rings. The summed E-state index contributed by atoms with van der Waals surface area (Å²) in [6.45, 7) is 2.30. The molecule has 2 N–H and O–H groups in total. The molecule has 25 heavy (non-hydrogen) atoms. The molecule has 0 spiro atoms. The molecular weight excluding hydrogens is 336 g/mol. The van der Waals surface area contributed by atoms with Crippen LogP contribution in [-0.2, 0) is 6.54 Å². The van der Waals surface area contributed by atoms with E-state index in [-0.39, 0.29) is 6.04 Å². The van der Waals surface area contributed by atoms with Crippen LogP contribution in [0.5, 0.6) is 0 Å². The summed E-state index contributed by atoms with van der Waals surface area (Å²) in [7, 11) is 0. The highest BCUT2D eigenvalue weighted by atomic mass is 35.5. The Kier molecular flexibility index (Phi) is 4.53. The standard InChI is InChI=1S/C19H19ClN4O/c20-15-8-4-7-14(9-15)19-22-18(25-23-19)12-24-10-16(17(21)11-24)13-5-2-1-3-6-13/h1-9,16-17H,10-12,21H2/t16-,17+/m0/s1. The van der Waals surface area contributed by atoms with Gasteiger partial charge in [-0.05, 0) is 17.7 Å². The second-order valence-electron chi connectivity index (χ2n) is 6.40. The third kappa shape index (κ3) is 3.58. The third-order valence-corrected chi connectivity index (χ3v) is 4.81. The van der Waals surface area contributed by atoms with Gasteiger partial charge in [0.2, 0.25) is 11.7 Å². The van der Waals surface area contributed by atoms with Crippen molar-refractivity contribution in [1.82, 2.24) is 15.0 Å². The third-order valence-electron chi connectivity index (χ3n) is 4.58. The summed E-state index contributed by atoms with van der Waals surface area (Å²) in [4.78, 5) is 6.75. The van der Waals surface area contributed by atoms with Crippen molar-refractivity contribution in [2.24, 2.45) is 5.73 Å². The number of nitrogens with two attached hydrogens (primary N) is 1. The number of aromatic nitrogens is 2. The summed E-state index contributed by atoms with van der Waals surface area (Å²) in [5, 5.41) is 4.72. The van der Waals surface area contributed by atoms with Crippen LogP contribution in [0.15, 0.2) is 59.1 Å². The molecule has 0 amide bonds. The zero-order chi connectivity index (χ0) is 17.2. The lowest BCUT2D eigenvalue weighted by Crippen LogP contribution is -2.28. The molecule has 0 radical (unpaired) electrons. The van der Waals surface area contributed by atoms with Gasteiger partial charge in [-0.2, -0.15) is 4.98 Å². The highest BCUT2D eigenvalue weighted by Gasteiger charge is 2.32. The van der Waals surface area contributed by atoms with Crippen LogP contribution in [0.2, 0.25) is 5.02 Å². The first-order valence-corrected chi connectivity index (χ1v) is 8.68. The van der Waals surface area contributed by atoms with Crippen molar-refractivity contribution >= 4 is 11.6 Å². The van der Waals surface area contributed by atoms with Gasteiger partial charge in [0.15, 0.2) is 0 Å². The quantitative estimate of drug-likeness (QED) is 0.778. The Bertz CT molecular complexity index is 851. The molecule has 5 nitrogen and oxygen atoms in total. The van der Waals surface area contributed by atoms with Crippen molar-refractivity contribution in [3.63, 3.8) is 0 Å².